The molecule has 0 spiro atoms. The van der Waals surface area contributed by atoms with Crippen molar-refractivity contribution in [3.8, 4) is 0 Å². The van der Waals surface area contributed by atoms with Crippen LogP contribution in [0.4, 0.5) is 5.82 Å². The Hall–Kier alpha value is -1.60. The highest BCUT2D eigenvalue weighted by Crippen LogP contribution is 2.23. The quantitative estimate of drug-likeness (QED) is 0.886. The van der Waals surface area contributed by atoms with E-state index in [0.29, 0.717) is 10.5 Å². The zero-order valence-electron chi connectivity index (χ0n) is 10.4. The number of anilines is 1. The Kier molecular flexibility index (Phi) is 3.16. The fraction of sp³-hybridized carbons (Fsp3) is 0.333. The van der Waals surface area contributed by atoms with E-state index in [2.05, 4.69) is 43.4 Å². The molecule has 0 aliphatic carbocycles. The number of carbonyl (C=O) groups is 1. The molecular formula is C12H13BrN4O2. The maximum atomic E-state index is 12.0. The van der Waals surface area contributed by atoms with Crippen LogP contribution in [0.1, 0.15) is 21.8 Å². The number of H-pyrrole nitrogens is 1. The Labute approximate surface area is 118 Å². The Morgan fingerprint density at radius 2 is 2.42 bits per heavy atom. The molecule has 0 aromatic carbocycles. The van der Waals surface area contributed by atoms with Crippen molar-refractivity contribution in [3.05, 3.63) is 33.8 Å². The number of likely N-dealkylation sites (N-methyl/N-ethyl adjacent to an activating group) is 1. The number of hydrogen-bond acceptors (Lipinski definition) is 4. The average molecular weight is 325 g/mol. The zero-order chi connectivity index (χ0) is 13.4. The van der Waals surface area contributed by atoms with Gasteiger partial charge in [0.15, 0.2) is 16.2 Å². The fourth-order valence-electron chi connectivity index (χ4n) is 2.16. The maximum absolute atomic E-state index is 12.0. The lowest BCUT2D eigenvalue weighted by Gasteiger charge is -2.21. The van der Waals surface area contributed by atoms with Crippen LogP contribution < -0.4 is 5.32 Å². The molecule has 1 amide bonds. The molecule has 0 radical (unpaired) electrons. The Balaban J connectivity index is 1.79. The van der Waals surface area contributed by atoms with Gasteiger partial charge in [-0.2, -0.15) is 5.10 Å². The van der Waals surface area contributed by atoms with Gasteiger partial charge in [-0.1, -0.05) is 0 Å². The highest BCUT2D eigenvalue weighted by molar-refractivity contribution is 9.10. The van der Waals surface area contributed by atoms with E-state index in [-0.39, 0.29) is 11.7 Å². The number of rotatable bonds is 2. The van der Waals surface area contributed by atoms with Crippen molar-refractivity contribution < 1.29 is 9.21 Å². The van der Waals surface area contributed by atoms with Crippen molar-refractivity contribution >= 4 is 27.7 Å². The predicted octanol–water partition coefficient (Wildman–Crippen LogP) is 2.01. The van der Waals surface area contributed by atoms with Gasteiger partial charge in [-0.15, -0.1) is 0 Å². The number of halogens is 1. The van der Waals surface area contributed by atoms with Gasteiger partial charge in [0.25, 0.3) is 5.91 Å². The summed E-state index contributed by atoms with van der Waals surface area (Å²) in [6.45, 7) is 1.78. The van der Waals surface area contributed by atoms with Gasteiger partial charge < -0.3 is 14.6 Å². The third-order valence-corrected chi connectivity index (χ3v) is 3.58. The summed E-state index contributed by atoms with van der Waals surface area (Å²) in [6, 6.07) is 3.30. The van der Waals surface area contributed by atoms with E-state index in [1.807, 2.05) is 0 Å². The van der Waals surface area contributed by atoms with E-state index >= 15 is 0 Å². The number of amides is 1. The predicted molar refractivity (Wildman–Crippen MR) is 73.0 cm³/mol. The SMILES string of the molecule is CN1CCc2c(NC(=O)c3ccc(Br)o3)n[nH]c2C1. The first-order valence-corrected chi connectivity index (χ1v) is 6.74. The topological polar surface area (TPSA) is 74.2 Å². The van der Waals surface area contributed by atoms with Crippen LogP contribution in [0.15, 0.2) is 21.2 Å². The van der Waals surface area contributed by atoms with Crippen LogP contribution in [-0.4, -0.2) is 34.6 Å². The van der Waals surface area contributed by atoms with Crippen molar-refractivity contribution in [1.82, 2.24) is 15.1 Å². The smallest absolute Gasteiger partial charge is 0.292 e. The van der Waals surface area contributed by atoms with Crippen molar-refractivity contribution in [3.63, 3.8) is 0 Å². The summed E-state index contributed by atoms with van der Waals surface area (Å²) >= 11 is 3.17. The van der Waals surface area contributed by atoms with E-state index in [1.165, 1.54) is 0 Å². The molecule has 0 atom stereocenters. The number of furan rings is 1. The summed E-state index contributed by atoms with van der Waals surface area (Å²) in [7, 11) is 2.06. The summed E-state index contributed by atoms with van der Waals surface area (Å²) in [4.78, 5) is 14.2. The monoisotopic (exact) mass is 324 g/mol. The molecule has 1 aliphatic heterocycles. The molecule has 3 rings (SSSR count). The lowest BCUT2D eigenvalue weighted by molar-refractivity contribution is 0.0995. The van der Waals surface area contributed by atoms with Gasteiger partial charge in [0.1, 0.15) is 0 Å². The fourth-order valence-corrected chi connectivity index (χ4v) is 2.47. The van der Waals surface area contributed by atoms with E-state index in [1.54, 1.807) is 12.1 Å². The number of fused-ring (bicyclic) bond motifs is 1. The first-order chi connectivity index (χ1) is 9.13. The van der Waals surface area contributed by atoms with Gasteiger partial charge in [0, 0.05) is 18.7 Å². The van der Waals surface area contributed by atoms with Crippen LogP contribution in [-0.2, 0) is 13.0 Å². The first kappa shape index (κ1) is 12.4. The normalized spacial score (nSPS) is 15.3. The second kappa shape index (κ2) is 4.82. The Bertz CT molecular complexity index is 619. The number of aromatic nitrogens is 2. The van der Waals surface area contributed by atoms with E-state index < -0.39 is 0 Å². The average Bonchev–Trinajstić information content (AvgIpc) is 2.96. The van der Waals surface area contributed by atoms with Crippen LogP contribution >= 0.6 is 15.9 Å². The molecule has 100 valence electrons. The van der Waals surface area contributed by atoms with Gasteiger partial charge in [0.05, 0.1) is 5.69 Å². The second-order valence-electron chi connectivity index (χ2n) is 4.57. The minimum absolute atomic E-state index is 0.261. The molecule has 0 saturated heterocycles. The largest absolute Gasteiger partial charge is 0.444 e. The molecule has 7 heteroatoms. The molecule has 0 fully saturated rings. The highest BCUT2D eigenvalue weighted by atomic mass is 79.9. The van der Waals surface area contributed by atoms with Crippen LogP contribution in [0.5, 0.6) is 0 Å². The minimum atomic E-state index is -0.293. The maximum Gasteiger partial charge on any atom is 0.292 e. The molecule has 0 unspecified atom stereocenters. The number of hydrogen-bond donors (Lipinski definition) is 2. The third kappa shape index (κ3) is 2.43. The van der Waals surface area contributed by atoms with Crippen molar-refractivity contribution in [2.24, 2.45) is 0 Å². The molecule has 2 aromatic rings. The summed E-state index contributed by atoms with van der Waals surface area (Å²) in [6.07, 6.45) is 0.875. The van der Waals surface area contributed by atoms with Crippen LogP contribution in [0.25, 0.3) is 0 Å². The number of aromatic amines is 1. The molecule has 2 N–H and O–H groups in total. The van der Waals surface area contributed by atoms with Crippen LogP contribution in [0, 0.1) is 0 Å². The van der Waals surface area contributed by atoms with Crippen molar-refractivity contribution in [2.75, 3.05) is 18.9 Å². The molecule has 2 aromatic heterocycles. The van der Waals surface area contributed by atoms with Crippen molar-refractivity contribution in [2.45, 2.75) is 13.0 Å². The lowest BCUT2D eigenvalue weighted by atomic mass is 10.1. The molecule has 19 heavy (non-hydrogen) atoms. The van der Waals surface area contributed by atoms with Gasteiger partial charge in [-0.25, -0.2) is 0 Å². The van der Waals surface area contributed by atoms with Gasteiger partial charge in [0.2, 0.25) is 0 Å². The molecule has 3 heterocycles. The molecule has 0 saturated carbocycles. The minimum Gasteiger partial charge on any atom is -0.444 e. The van der Waals surface area contributed by atoms with Crippen LogP contribution in [0.2, 0.25) is 0 Å². The third-order valence-electron chi connectivity index (χ3n) is 3.15. The van der Waals surface area contributed by atoms with Crippen LogP contribution in [0.3, 0.4) is 0 Å². The van der Waals surface area contributed by atoms with Crippen molar-refractivity contribution in [1.29, 1.82) is 0 Å². The van der Waals surface area contributed by atoms with E-state index in [9.17, 15) is 4.79 Å². The Morgan fingerprint density at radius 1 is 1.58 bits per heavy atom. The van der Waals surface area contributed by atoms with E-state index in [4.69, 9.17) is 4.42 Å². The molecule has 1 aliphatic rings. The summed E-state index contributed by atoms with van der Waals surface area (Å²) in [5.41, 5.74) is 2.14. The zero-order valence-corrected chi connectivity index (χ0v) is 12.0. The summed E-state index contributed by atoms with van der Waals surface area (Å²) in [5, 5.41) is 9.92. The summed E-state index contributed by atoms with van der Waals surface area (Å²) in [5.74, 6) is 0.566. The van der Waals surface area contributed by atoms with Gasteiger partial charge in [-0.3, -0.25) is 9.89 Å². The highest BCUT2D eigenvalue weighted by Gasteiger charge is 2.21. The Morgan fingerprint density at radius 3 is 3.16 bits per heavy atom. The number of nitrogens with zero attached hydrogens (tertiary/aromatic N) is 2. The first-order valence-electron chi connectivity index (χ1n) is 5.95. The van der Waals surface area contributed by atoms with E-state index in [0.717, 1.165) is 30.8 Å². The molecule has 6 nitrogen and oxygen atoms in total. The van der Waals surface area contributed by atoms with Gasteiger partial charge >= 0.3 is 0 Å². The van der Waals surface area contributed by atoms with Gasteiger partial charge in [-0.05, 0) is 41.5 Å². The number of nitrogens with one attached hydrogen (secondary N) is 2. The lowest BCUT2D eigenvalue weighted by Crippen LogP contribution is -2.26. The molecular weight excluding hydrogens is 312 g/mol. The number of carbonyl (C=O) groups excluding carboxylic acids is 1. The second-order valence-corrected chi connectivity index (χ2v) is 5.36. The molecule has 0 bridgehead atoms. The summed E-state index contributed by atoms with van der Waals surface area (Å²) < 4.78 is 5.74. The standard InChI is InChI=1S/C12H13BrN4O2/c1-17-5-4-7-8(6-17)15-16-11(7)14-12(18)9-2-3-10(13)19-9/h2-3H,4-6H2,1H3,(H2,14,15,16,18).